The summed E-state index contributed by atoms with van der Waals surface area (Å²) in [6, 6.07) is 1.22. The van der Waals surface area contributed by atoms with E-state index >= 15 is 0 Å². The third-order valence-corrected chi connectivity index (χ3v) is 2.72. The summed E-state index contributed by atoms with van der Waals surface area (Å²) in [5.74, 6) is -3.27. The van der Waals surface area contributed by atoms with Crippen LogP contribution in [-0.4, -0.2) is 41.3 Å². The minimum Gasteiger partial charge on any atom is -0.465 e. The summed E-state index contributed by atoms with van der Waals surface area (Å²) in [7, 11) is 0. The van der Waals surface area contributed by atoms with Crippen LogP contribution >= 0.6 is 11.6 Å². The molecule has 0 bridgehead atoms. The Balaban J connectivity index is 2.95. The van der Waals surface area contributed by atoms with E-state index in [-0.39, 0.29) is 29.7 Å². The number of esters is 2. The van der Waals surface area contributed by atoms with Crippen molar-refractivity contribution in [3.8, 4) is 0 Å². The van der Waals surface area contributed by atoms with Crippen LogP contribution in [0.3, 0.4) is 0 Å². The van der Waals surface area contributed by atoms with E-state index in [1.165, 1.54) is 13.0 Å². The molecule has 1 heterocycles. The smallest absolute Gasteiger partial charge is 0.342 e. The molecule has 1 aromatic rings. The van der Waals surface area contributed by atoms with Gasteiger partial charge in [0.2, 0.25) is 5.91 Å². The fourth-order valence-electron chi connectivity index (χ4n) is 1.42. The standard InChI is InChI=1S/C13H16ClN3O5/c1-4-21-12(19)7(3)11(18)15-10-8(13(20)22-5-2)6-9(14)16-17-10/h6-7H,4-5H2,1-3H3,(H,15,17,18). The molecule has 0 saturated heterocycles. The van der Waals surface area contributed by atoms with Crippen molar-refractivity contribution in [3.63, 3.8) is 0 Å². The number of carbonyl (C=O) groups excluding carboxylic acids is 3. The third kappa shape index (κ3) is 4.66. The number of aromatic nitrogens is 2. The zero-order valence-corrected chi connectivity index (χ0v) is 13.1. The van der Waals surface area contributed by atoms with E-state index in [1.807, 2.05) is 0 Å². The molecular weight excluding hydrogens is 314 g/mol. The topological polar surface area (TPSA) is 107 Å². The number of carbonyl (C=O) groups is 3. The van der Waals surface area contributed by atoms with Crippen LogP contribution in [0.1, 0.15) is 31.1 Å². The van der Waals surface area contributed by atoms with E-state index < -0.39 is 23.8 Å². The van der Waals surface area contributed by atoms with Crippen LogP contribution in [0.25, 0.3) is 0 Å². The van der Waals surface area contributed by atoms with Gasteiger partial charge in [0.25, 0.3) is 0 Å². The number of nitrogens with one attached hydrogen (secondary N) is 1. The number of halogens is 1. The van der Waals surface area contributed by atoms with Crippen LogP contribution < -0.4 is 5.32 Å². The Morgan fingerprint density at radius 3 is 2.45 bits per heavy atom. The van der Waals surface area contributed by atoms with Crippen LogP contribution in [0.4, 0.5) is 5.82 Å². The molecule has 22 heavy (non-hydrogen) atoms. The third-order valence-electron chi connectivity index (χ3n) is 2.53. The van der Waals surface area contributed by atoms with Crippen LogP contribution in [0, 0.1) is 5.92 Å². The molecule has 1 aromatic heterocycles. The lowest BCUT2D eigenvalue weighted by Gasteiger charge is -2.12. The molecule has 0 aliphatic heterocycles. The molecule has 0 spiro atoms. The summed E-state index contributed by atoms with van der Waals surface area (Å²) < 4.78 is 9.59. The monoisotopic (exact) mass is 329 g/mol. The van der Waals surface area contributed by atoms with E-state index in [9.17, 15) is 14.4 Å². The molecule has 1 amide bonds. The van der Waals surface area contributed by atoms with Gasteiger partial charge in [-0.15, -0.1) is 10.2 Å². The highest BCUT2D eigenvalue weighted by atomic mass is 35.5. The fraction of sp³-hybridized carbons (Fsp3) is 0.462. The average molecular weight is 330 g/mol. The Bertz CT molecular complexity index is 579. The molecule has 9 heteroatoms. The lowest BCUT2D eigenvalue weighted by molar-refractivity contribution is -0.150. The van der Waals surface area contributed by atoms with E-state index in [0.29, 0.717) is 0 Å². The number of nitrogens with zero attached hydrogens (tertiary/aromatic N) is 2. The van der Waals surface area contributed by atoms with Crippen molar-refractivity contribution in [3.05, 3.63) is 16.8 Å². The first-order valence-electron chi connectivity index (χ1n) is 6.58. The van der Waals surface area contributed by atoms with Crippen molar-refractivity contribution >= 4 is 35.3 Å². The van der Waals surface area contributed by atoms with Crippen molar-refractivity contribution < 1.29 is 23.9 Å². The van der Waals surface area contributed by atoms with Gasteiger partial charge in [0.15, 0.2) is 11.0 Å². The number of amides is 1. The molecule has 0 aliphatic carbocycles. The summed E-state index contributed by atoms with van der Waals surface area (Å²) >= 11 is 5.68. The van der Waals surface area contributed by atoms with Crippen LogP contribution in [0.15, 0.2) is 6.07 Å². The maximum Gasteiger partial charge on any atom is 0.342 e. The fourth-order valence-corrected chi connectivity index (χ4v) is 1.57. The van der Waals surface area contributed by atoms with Gasteiger partial charge in [0.05, 0.1) is 13.2 Å². The normalized spacial score (nSPS) is 11.5. The summed E-state index contributed by atoms with van der Waals surface area (Å²) in [5, 5.41) is 9.51. The molecule has 0 aliphatic rings. The van der Waals surface area contributed by atoms with E-state index in [4.69, 9.17) is 21.1 Å². The van der Waals surface area contributed by atoms with Crippen LogP contribution in [-0.2, 0) is 19.1 Å². The predicted molar refractivity (Wildman–Crippen MR) is 77.4 cm³/mol. The highest BCUT2D eigenvalue weighted by Crippen LogP contribution is 2.17. The minimum atomic E-state index is -1.06. The minimum absolute atomic E-state index is 0.0282. The van der Waals surface area contributed by atoms with Crippen LogP contribution in [0.2, 0.25) is 5.15 Å². The van der Waals surface area contributed by atoms with Crippen molar-refractivity contribution in [1.82, 2.24) is 10.2 Å². The molecule has 1 N–H and O–H groups in total. The average Bonchev–Trinajstić information content (AvgIpc) is 2.48. The molecule has 1 rings (SSSR count). The Hall–Kier alpha value is -2.22. The van der Waals surface area contributed by atoms with Gasteiger partial charge in [-0.1, -0.05) is 11.6 Å². The van der Waals surface area contributed by atoms with Gasteiger partial charge in [-0.3, -0.25) is 9.59 Å². The Morgan fingerprint density at radius 2 is 1.86 bits per heavy atom. The first-order chi connectivity index (χ1) is 10.4. The Kier molecular flexibility index (Phi) is 6.71. The summed E-state index contributed by atoms with van der Waals surface area (Å²) in [6.07, 6.45) is 0. The van der Waals surface area contributed by atoms with Crippen molar-refractivity contribution in [2.24, 2.45) is 5.92 Å². The molecule has 0 saturated carbocycles. The summed E-state index contributed by atoms with van der Waals surface area (Å²) in [5.41, 5.74) is -0.0498. The van der Waals surface area contributed by atoms with Gasteiger partial charge >= 0.3 is 11.9 Å². The number of hydrogen-bond donors (Lipinski definition) is 1. The number of hydrogen-bond acceptors (Lipinski definition) is 7. The summed E-state index contributed by atoms with van der Waals surface area (Å²) in [6.45, 7) is 4.94. The maximum atomic E-state index is 12.0. The second-order valence-corrected chi connectivity index (χ2v) is 4.50. The lowest BCUT2D eigenvalue weighted by Crippen LogP contribution is -2.30. The Labute approximate surface area is 132 Å². The molecule has 1 unspecified atom stereocenters. The molecule has 1 atom stereocenters. The second kappa shape index (κ2) is 8.28. The molecule has 120 valence electrons. The SMILES string of the molecule is CCOC(=O)c1cc(Cl)nnc1NC(=O)C(C)C(=O)OCC. The van der Waals surface area contributed by atoms with E-state index in [0.717, 1.165) is 0 Å². The summed E-state index contributed by atoms with van der Waals surface area (Å²) in [4.78, 5) is 35.3. The molecule has 0 aromatic carbocycles. The number of ether oxygens (including phenoxy) is 2. The van der Waals surface area contributed by atoms with Gasteiger partial charge in [0.1, 0.15) is 11.5 Å². The van der Waals surface area contributed by atoms with Crippen molar-refractivity contribution in [2.45, 2.75) is 20.8 Å². The maximum absolute atomic E-state index is 12.0. The zero-order chi connectivity index (χ0) is 16.7. The van der Waals surface area contributed by atoms with Gasteiger partial charge in [-0.2, -0.15) is 0 Å². The highest BCUT2D eigenvalue weighted by molar-refractivity contribution is 6.29. The quantitative estimate of drug-likeness (QED) is 0.621. The highest BCUT2D eigenvalue weighted by Gasteiger charge is 2.25. The number of rotatable bonds is 6. The lowest BCUT2D eigenvalue weighted by atomic mass is 10.1. The van der Waals surface area contributed by atoms with Crippen molar-refractivity contribution in [2.75, 3.05) is 18.5 Å². The van der Waals surface area contributed by atoms with Crippen molar-refractivity contribution in [1.29, 1.82) is 0 Å². The van der Waals surface area contributed by atoms with E-state index in [2.05, 4.69) is 15.5 Å². The number of anilines is 1. The zero-order valence-electron chi connectivity index (χ0n) is 12.4. The predicted octanol–water partition coefficient (Wildman–Crippen LogP) is 1.44. The van der Waals surface area contributed by atoms with Gasteiger partial charge < -0.3 is 14.8 Å². The van der Waals surface area contributed by atoms with E-state index in [1.54, 1.807) is 13.8 Å². The Morgan fingerprint density at radius 1 is 1.23 bits per heavy atom. The van der Waals surface area contributed by atoms with Gasteiger partial charge in [-0.05, 0) is 26.8 Å². The van der Waals surface area contributed by atoms with Crippen LogP contribution in [0.5, 0.6) is 0 Å². The first kappa shape index (κ1) is 17.8. The molecular formula is C13H16ClN3O5. The molecule has 0 radical (unpaired) electrons. The molecule has 8 nitrogen and oxygen atoms in total. The first-order valence-corrected chi connectivity index (χ1v) is 6.96. The molecule has 0 fully saturated rings. The van der Waals surface area contributed by atoms with Gasteiger partial charge in [-0.25, -0.2) is 4.79 Å². The second-order valence-electron chi connectivity index (χ2n) is 4.11. The van der Waals surface area contributed by atoms with Gasteiger partial charge in [0, 0.05) is 0 Å². The largest absolute Gasteiger partial charge is 0.465 e.